The van der Waals surface area contributed by atoms with Crippen LogP contribution >= 0.6 is 11.6 Å². The highest BCUT2D eigenvalue weighted by atomic mass is 35.5. The quantitative estimate of drug-likeness (QED) is 0.254. The standard InChI is InChI=1S/C28H21ClN2O4/c1-17-3-4-19(28-31-24-16-22(33-2)10-13-26(24)35-28)15-23(17)30-27(32)14-11-21-9-12-25(34-21)18-5-7-20(29)8-6-18/h3-16H,1-2H3,(H,30,32). The van der Waals surface area contributed by atoms with Crippen LogP contribution in [0.5, 0.6) is 5.75 Å². The Morgan fingerprint density at radius 2 is 1.77 bits per heavy atom. The van der Waals surface area contributed by atoms with Crippen LogP contribution in [0.2, 0.25) is 5.02 Å². The fourth-order valence-corrected chi connectivity index (χ4v) is 3.72. The van der Waals surface area contributed by atoms with E-state index >= 15 is 0 Å². The normalized spacial score (nSPS) is 11.3. The van der Waals surface area contributed by atoms with Crippen molar-refractivity contribution in [2.24, 2.45) is 0 Å². The van der Waals surface area contributed by atoms with Crippen molar-refractivity contribution in [3.05, 3.63) is 95.2 Å². The number of oxazole rings is 1. The van der Waals surface area contributed by atoms with Gasteiger partial charge in [0.05, 0.1) is 7.11 Å². The van der Waals surface area contributed by atoms with Crippen molar-refractivity contribution in [2.45, 2.75) is 6.92 Å². The van der Waals surface area contributed by atoms with E-state index in [1.54, 1.807) is 25.3 Å². The van der Waals surface area contributed by atoms with E-state index < -0.39 is 0 Å². The summed E-state index contributed by atoms with van der Waals surface area (Å²) in [5.41, 5.74) is 4.60. The number of halogens is 1. The van der Waals surface area contributed by atoms with Gasteiger partial charge in [0.25, 0.3) is 0 Å². The van der Waals surface area contributed by atoms with Gasteiger partial charge in [-0.25, -0.2) is 4.98 Å². The molecule has 7 heteroatoms. The molecule has 0 aliphatic carbocycles. The molecule has 5 rings (SSSR count). The molecule has 1 N–H and O–H groups in total. The lowest BCUT2D eigenvalue weighted by Crippen LogP contribution is -2.09. The van der Waals surface area contributed by atoms with Crippen LogP contribution in [0, 0.1) is 6.92 Å². The maximum Gasteiger partial charge on any atom is 0.248 e. The Bertz CT molecular complexity index is 1550. The van der Waals surface area contributed by atoms with Crippen LogP contribution in [0.3, 0.4) is 0 Å². The van der Waals surface area contributed by atoms with E-state index in [1.807, 2.05) is 67.6 Å². The van der Waals surface area contributed by atoms with Gasteiger partial charge in [0.1, 0.15) is 22.8 Å². The molecule has 35 heavy (non-hydrogen) atoms. The lowest BCUT2D eigenvalue weighted by Gasteiger charge is -2.07. The molecule has 2 heterocycles. The van der Waals surface area contributed by atoms with Gasteiger partial charge < -0.3 is 18.9 Å². The summed E-state index contributed by atoms with van der Waals surface area (Å²) >= 11 is 5.94. The summed E-state index contributed by atoms with van der Waals surface area (Å²) in [6.45, 7) is 1.92. The van der Waals surface area contributed by atoms with Crippen molar-refractivity contribution < 1.29 is 18.4 Å². The minimum absolute atomic E-state index is 0.281. The van der Waals surface area contributed by atoms with Crippen LogP contribution in [0.1, 0.15) is 11.3 Å². The molecule has 0 bridgehead atoms. The maximum atomic E-state index is 12.6. The number of rotatable bonds is 6. The number of fused-ring (bicyclic) bond motifs is 1. The van der Waals surface area contributed by atoms with Gasteiger partial charge in [0, 0.05) is 34.0 Å². The zero-order valence-corrected chi connectivity index (χ0v) is 19.8. The van der Waals surface area contributed by atoms with Crippen molar-refractivity contribution in [3.63, 3.8) is 0 Å². The summed E-state index contributed by atoms with van der Waals surface area (Å²) in [6.07, 6.45) is 3.06. The van der Waals surface area contributed by atoms with Gasteiger partial charge >= 0.3 is 0 Å². The smallest absolute Gasteiger partial charge is 0.248 e. The summed E-state index contributed by atoms with van der Waals surface area (Å²) in [4.78, 5) is 17.2. The minimum Gasteiger partial charge on any atom is -0.497 e. The molecule has 0 aliphatic rings. The fraction of sp³-hybridized carbons (Fsp3) is 0.0714. The Morgan fingerprint density at radius 1 is 0.971 bits per heavy atom. The number of benzene rings is 3. The van der Waals surface area contributed by atoms with Crippen LogP contribution in [-0.2, 0) is 4.79 Å². The molecule has 0 aliphatic heterocycles. The summed E-state index contributed by atoms with van der Waals surface area (Å²) in [5, 5.41) is 3.58. The van der Waals surface area contributed by atoms with E-state index in [9.17, 15) is 4.79 Å². The lowest BCUT2D eigenvalue weighted by molar-refractivity contribution is -0.111. The lowest BCUT2D eigenvalue weighted by atomic mass is 10.1. The molecule has 3 aromatic carbocycles. The monoisotopic (exact) mass is 484 g/mol. The topological polar surface area (TPSA) is 77.5 Å². The summed E-state index contributed by atoms with van der Waals surface area (Å²) < 4.78 is 17.0. The van der Waals surface area contributed by atoms with Crippen molar-refractivity contribution in [1.82, 2.24) is 4.98 Å². The van der Waals surface area contributed by atoms with Crippen LogP contribution in [0.25, 0.3) is 40.0 Å². The molecule has 0 saturated carbocycles. The molecular weight excluding hydrogens is 464 g/mol. The second kappa shape index (κ2) is 9.52. The Balaban J connectivity index is 1.31. The molecule has 0 unspecified atom stereocenters. The number of hydrogen-bond acceptors (Lipinski definition) is 5. The summed E-state index contributed by atoms with van der Waals surface area (Å²) in [5.74, 6) is 2.15. The summed E-state index contributed by atoms with van der Waals surface area (Å²) in [6, 6.07) is 22.1. The van der Waals surface area contributed by atoms with E-state index in [0.717, 1.165) is 16.7 Å². The number of nitrogens with zero attached hydrogens (tertiary/aromatic N) is 1. The Labute approximate surface area is 206 Å². The highest BCUT2D eigenvalue weighted by Gasteiger charge is 2.12. The molecule has 0 atom stereocenters. The van der Waals surface area contributed by atoms with E-state index in [4.69, 9.17) is 25.2 Å². The second-order valence-electron chi connectivity index (χ2n) is 7.91. The van der Waals surface area contributed by atoms with E-state index in [2.05, 4.69) is 10.3 Å². The number of furan rings is 1. The highest BCUT2D eigenvalue weighted by Crippen LogP contribution is 2.30. The molecular formula is C28H21ClN2O4. The van der Waals surface area contributed by atoms with Crippen molar-refractivity contribution in [3.8, 4) is 28.5 Å². The van der Waals surface area contributed by atoms with Crippen molar-refractivity contribution in [1.29, 1.82) is 0 Å². The zero-order chi connectivity index (χ0) is 24.4. The third-order valence-electron chi connectivity index (χ3n) is 5.49. The Morgan fingerprint density at radius 3 is 2.57 bits per heavy atom. The first-order valence-corrected chi connectivity index (χ1v) is 11.3. The first kappa shape index (κ1) is 22.5. The van der Waals surface area contributed by atoms with Crippen LogP contribution in [-0.4, -0.2) is 18.0 Å². The average molecular weight is 485 g/mol. The molecule has 0 saturated heterocycles. The molecule has 0 spiro atoms. The van der Waals surface area contributed by atoms with Crippen LogP contribution in [0.15, 0.2) is 87.7 Å². The number of amides is 1. The minimum atomic E-state index is -0.281. The number of aryl methyl sites for hydroxylation is 1. The number of anilines is 1. The van der Waals surface area contributed by atoms with E-state index in [0.29, 0.717) is 45.0 Å². The van der Waals surface area contributed by atoms with Crippen molar-refractivity contribution in [2.75, 3.05) is 12.4 Å². The molecule has 0 radical (unpaired) electrons. The average Bonchev–Trinajstić information content (AvgIpc) is 3.51. The molecule has 5 aromatic rings. The summed E-state index contributed by atoms with van der Waals surface area (Å²) in [7, 11) is 1.61. The predicted molar refractivity (Wildman–Crippen MR) is 138 cm³/mol. The molecule has 0 fully saturated rings. The Kier molecular flexibility index (Phi) is 6.12. The third kappa shape index (κ3) is 4.98. The molecule has 6 nitrogen and oxygen atoms in total. The van der Waals surface area contributed by atoms with Gasteiger partial charge in [0.15, 0.2) is 5.58 Å². The highest BCUT2D eigenvalue weighted by molar-refractivity contribution is 6.30. The molecule has 1 amide bonds. The zero-order valence-electron chi connectivity index (χ0n) is 19.0. The van der Waals surface area contributed by atoms with Crippen LogP contribution in [0.4, 0.5) is 5.69 Å². The fourth-order valence-electron chi connectivity index (χ4n) is 3.59. The number of nitrogens with one attached hydrogen (secondary N) is 1. The second-order valence-corrected chi connectivity index (χ2v) is 8.35. The van der Waals surface area contributed by atoms with Gasteiger partial charge in [-0.3, -0.25) is 4.79 Å². The first-order valence-electron chi connectivity index (χ1n) is 10.9. The Hall–Kier alpha value is -4.29. The van der Waals surface area contributed by atoms with E-state index in [-0.39, 0.29) is 5.91 Å². The number of carbonyl (C=O) groups excluding carboxylic acids is 1. The molecule has 174 valence electrons. The third-order valence-corrected chi connectivity index (χ3v) is 5.74. The SMILES string of the molecule is COc1ccc2oc(-c3ccc(C)c(NC(=O)C=Cc4ccc(-c5ccc(Cl)cc5)o4)c3)nc2c1. The number of hydrogen-bond donors (Lipinski definition) is 1. The number of aromatic nitrogens is 1. The van der Waals surface area contributed by atoms with Gasteiger partial charge in [0.2, 0.25) is 11.8 Å². The van der Waals surface area contributed by atoms with E-state index in [1.165, 1.54) is 6.08 Å². The van der Waals surface area contributed by atoms with Gasteiger partial charge in [-0.2, -0.15) is 0 Å². The number of ether oxygens (including phenoxy) is 1. The largest absolute Gasteiger partial charge is 0.497 e. The number of methoxy groups -OCH3 is 1. The maximum absolute atomic E-state index is 12.6. The van der Waals surface area contributed by atoms with Crippen molar-refractivity contribution >= 4 is 40.4 Å². The van der Waals surface area contributed by atoms with Crippen LogP contribution < -0.4 is 10.1 Å². The molecule has 2 aromatic heterocycles. The van der Waals surface area contributed by atoms with Gasteiger partial charge in [-0.05, 0) is 79.2 Å². The van der Waals surface area contributed by atoms with Gasteiger partial charge in [-0.15, -0.1) is 0 Å². The number of carbonyl (C=O) groups is 1. The van der Waals surface area contributed by atoms with Gasteiger partial charge in [-0.1, -0.05) is 17.7 Å². The first-order chi connectivity index (χ1) is 17.0. The predicted octanol–water partition coefficient (Wildman–Crippen LogP) is 7.38.